The first-order chi connectivity index (χ1) is 14.0. The van der Waals surface area contributed by atoms with Crippen molar-refractivity contribution < 1.29 is 14.3 Å². The van der Waals surface area contributed by atoms with Gasteiger partial charge in [0, 0.05) is 17.9 Å². The van der Waals surface area contributed by atoms with Crippen molar-refractivity contribution in [1.29, 1.82) is 0 Å². The molecule has 5 heteroatoms. The SMILES string of the molecule is CCc1ccc(-c2ccc(Cl)cc2)cc1C(C(=O)COC)C(=O)C1=CCSCC1. The van der Waals surface area contributed by atoms with Crippen LogP contribution in [0.15, 0.2) is 54.1 Å². The molecular weight excluding hydrogens is 404 g/mol. The molecule has 1 aliphatic rings. The fraction of sp³-hybridized carbons (Fsp3) is 0.333. The van der Waals surface area contributed by atoms with E-state index in [1.807, 2.05) is 55.5 Å². The van der Waals surface area contributed by atoms with E-state index in [1.165, 1.54) is 7.11 Å². The molecule has 1 heterocycles. The second-order valence-electron chi connectivity index (χ2n) is 7.02. The zero-order valence-electron chi connectivity index (χ0n) is 16.7. The van der Waals surface area contributed by atoms with Crippen LogP contribution in [0.3, 0.4) is 0 Å². The van der Waals surface area contributed by atoms with Gasteiger partial charge in [0.15, 0.2) is 11.6 Å². The van der Waals surface area contributed by atoms with Crippen LogP contribution < -0.4 is 0 Å². The lowest BCUT2D eigenvalue weighted by molar-refractivity contribution is -0.129. The Morgan fingerprint density at radius 2 is 1.86 bits per heavy atom. The molecule has 0 radical (unpaired) electrons. The van der Waals surface area contributed by atoms with E-state index in [4.69, 9.17) is 16.3 Å². The normalized spacial score (nSPS) is 14.9. The Labute approximate surface area is 181 Å². The smallest absolute Gasteiger partial charge is 0.173 e. The van der Waals surface area contributed by atoms with Crippen molar-refractivity contribution in [3.05, 3.63) is 70.3 Å². The van der Waals surface area contributed by atoms with E-state index < -0.39 is 5.92 Å². The molecule has 0 aliphatic carbocycles. The maximum atomic E-state index is 13.4. The average Bonchev–Trinajstić information content (AvgIpc) is 2.75. The third kappa shape index (κ3) is 5.19. The predicted octanol–water partition coefficient (Wildman–Crippen LogP) is 5.50. The van der Waals surface area contributed by atoms with Crippen molar-refractivity contribution in [2.24, 2.45) is 0 Å². The molecule has 152 valence electrons. The number of Topliss-reactive ketones (excluding diaryl/α,β-unsaturated/α-hetero) is 2. The second kappa shape index (κ2) is 10.2. The first-order valence-corrected chi connectivity index (χ1v) is 11.3. The van der Waals surface area contributed by atoms with E-state index in [0.717, 1.165) is 45.8 Å². The van der Waals surface area contributed by atoms with Gasteiger partial charge in [-0.2, -0.15) is 11.8 Å². The summed E-state index contributed by atoms with van der Waals surface area (Å²) in [6.07, 6.45) is 3.42. The van der Waals surface area contributed by atoms with E-state index in [9.17, 15) is 9.59 Å². The van der Waals surface area contributed by atoms with Gasteiger partial charge < -0.3 is 4.74 Å². The number of hydrogen-bond acceptors (Lipinski definition) is 4. The van der Waals surface area contributed by atoms with Crippen molar-refractivity contribution in [2.45, 2.75) is 25.7 Å². The van der Waals surface area contributed by atoms with Crippen LogP contribution in [0.2, 0.25) is 5.02 Å². The number of methoxy groups -OCH3 is 1. The van der Waals surface area contributed by atoms with E-state index in [2.05, 4.69) is 0 Å². The van der Waals surface area contributed by atoms with Crippen molar-refractivity contribution in [2.75, 3.05) is 25.2 Å². The second-order valence-corrected chi connectivity index (χ2v) is 8.61. The Bertz CT molecular complexity index is 918. The van der Waals surface area contributed by atoms with Crippen LogP contribution in [0.4, 0.5) is 0 Å². The summed E-state index contributed by atoms with van der Waals surface area (Å²) < 4.78 is 5.11. The molecule has 1 unspecified atom stereocenters. The number of carbonyl (C=O) groups is 2. The lowest BCUT2D eigenvalue weighted by Crippen LogP contribution is -2.28. The largest absolute Gasteiger partial charge is 0.377 e. The lowest BCUT2D eigenvalue weighted by Gasteiger charge is -2.22. The molecule has 2 aromatic carbocycles. The Balaban J connectivity index is 2.08. The highest BCUT2D eigenvalue weighted by Gasteiger charge is 2.32. The molecular formula is C24H25ClO3S. The van der Waals surface area contributed by atoms with Gasteiger partial charge in [0.1, 0.15) is 12.5 Å². The Morgan fingerprint density at radius 3 is 2.48 bits per heavy atom. The number of aryl methyl sites for hydroxylation is 1. The van der Waals surface area contributed by atoms with Crippen LogP contribution in [0, 0.1) is 0 Å². The number of hydrogen-bond donors (Lipinski definition) is 0. The highest BCUT2D eigenvalue weighted by Crippen LogP contribution is 2.32. The van der Waals surface area contributed by atoms with Crippen molar-refractivity contribution in [3.8, 4) is 11.1 Å². The molecule has 0 spiro atoms. The van der Waals surface area contributed by atoms with Gasteiger partial charge in [-0.3, -0.25) is 9.59 Å². The van der Waals surface area contributed by atoms with E-state index in [0.29, 0.717) is 11.4 Å². The van der Waals surface area contributed by atoms with Gasteiger partial charge in [-0.1, -0.05) is 48.9 Å². The van der Waals surface area contributed by atoms with Crippen LogP contribution in [0.25, 0.3) is 11.1 Å². The summed E-state index contributed by atoms with van der Waals surface area (Å²) in [5.74, 6) is 0.618. The third-order valence-corrected chi connectivity index (χ3v) is 6.31. The maximum Gasteiger partial charge on any atom is 0.173 e. The summed E-state index contributed by atoms with van der Waals surface area (Å²) in [7, 11) is 1.49. The van der Waals surface area contributed by atoms with Crippen LogP contribution in [0.5, 0.6) is 0 Å². The zero-order chi connectivity index (χ0) is 20.8. The minimum absolute atomic E-state index is 0.0766. The van der Waals surface area contributed by atoms with Crippen molar-refractivity contribution >= 4 is 34.9 Å². The van der Waals surface area contributed by atoms with E-state index in [-0.39, 0.29) is 18.2 Å². The number of carbonyl (C=O) groups excluding carboxylic acids is 2. The number of allylic oxidation sites excluding steroid dienone is 1. The topological polar surface area (TPSA) is 43.4 Å². The quantitative estimate of drug-likeness (QED) is 0.520. The average molecular weight is 429 g/mol. The summed E-state index contributed by atoms with van der Waals surface area (Å²) in [4.78, 5) is 26.4. The molecule has 0 saturated heterocycles. The van der Waals surface area contributed by atoms with Gasteiger partial charge in [-0.25, -0.2) is 0 Å². The van der Waals surface area contributed by atoms with Crippen molar-refractivity contribution in [1.82, 2.24) is 0 Å². The molecule has 1 atom stereocenters. The molecule has 0 aromatic heterocycles. The standard InChI is InChI=1S/C24H25ClO3S/c1-3-16-4-5-19(17-6-8-20(25)9-7-17)14-21(16)23(22(26)15-28-2)24(27)18-10-12-29-13-11-18/h4-10,14,23H,3,11-13,15H2,1-2H3. The highest BCUT2D eigenvalue weighted by molar-refractivity contribution is 7.99. The number of ketones is 2. The molecule has 3 rings (SSSR count). The summed E-state index contributed by atoms with van der Waals surface area (Å²) in [5, 5.41) is 0.671. The minimum Gasteiger partial charge on any atom is -0.377 e. The number of rotatable bonds is 8. The Hall–Kier alpha value is -1.88. The first kappa shape index (κ1) is 21.8. The van der Waals surface area contributed by atoms with Crippen LogP contribution >= 0.6 is 23.4 Å². The van der Waals surface area contributed by atoms with E-state index in [1.54, 1.807) is 11.8 Å². The molecule has 0 bridgehead atoms. The number of halogens is 1. The van der Waals surface area contributed by atoms with Crippen molar-refractivity contribution in [3.63, 3.8) is 0 Å². The summed E-state index contributed by atoms with van der Waals surface area (Å²) in [6.45, 7) is 1.96. The monoisotopic (exact) mass is 428 g/mol. The minimum atomic E-state index is -0.827. The predicted molar refractivity (Wildman–Crippen MR) is 121 cm³/mol. The molecule has 0 N–H and O–H groups in total. The van der Waals surface area contributed by atoms with Gasteiger partial charge >= 0.3 is 0 Å². The third-order valence-electron chi connectivity index (χ3n) is 5.17. The molecule has 0 amide bonds. The molecule has 1 aliphatic heterocycles. The fourth-order valence-corrected chi connectivity index (χ4v) is 4.61. The highest BCUT2D eigenvalue weighted by atomic mass is 35.5. The first-order valence-electron chi connectivity index (χ1n) is 9.76. The molecule has 2 aromatic rings. The summed E-state index contributed by atoms with van der Waals surface area (Å²) >= 11 is 7.82. The zero-order valence-corrected chi connectivity index (χ0v) is 18.3. The lowest BCUT2D eigenvalue weighted by atomic mass is 9.82. The van der Waals surface area contributed by atoms with Crippen LogP contribution in [-0.2, 0) is 20.7 Å². The molecule has 0 saturated carbocycles. The molecule has 3 nitrogen and oxygen atoms in total. The molecule has 0 fully saturated rings. The van der Waals surface area contributed by atoms with Crippen LogP contribution in [0.1, 0.15) is 30.4 Å². The van der Waals surface area contributed by atoms with E-state index >= 15 is 0 Å². The number of benzene rings is 2. The summed E-state index contributed by atoms with van der Waals surface area (Å²) in [5.41, 5.74) is 4.52. The summed E-state index contributed by atoms with van der Waals surface area (Å²) in [6, 6.07) is 13.6. The number of ether oxygens (including phenoxy) is 1. The fourth-order valence-electron chi connectivity index (χ4n) is 3.63. The van der Waals surface area contributed by atoms with Gasteiger partial charge in [-0.15, -0.1) is 0 Å². The van der Waals surface area contributed by atoms with Gasteiger partial charge in [0.05, 0.1) is 0 Å². The Morgan fingerprint density at radius 1 is 1.14 bits per heavy atom. The van der Waals surface area contributed by atoms with Gasteiger partial charge in [0.25, 0.3) is 0 Å². The number of thioether (sulfide) groups is 1. The van der Waals surface area contributed by atoms with Gasteiger partial charge in [0.2, 0.25) is 0 Å². The van der Waals surface area contributed by atoms with Gasteiger partial charge in [-0.05, 0) is 64.6 Å². The molecule has 29 heavy (non-hydrogen) atoms. The van der Waals surface area contributed by atoms with Crippen LogP contribution in [-0.4, -0.2) is 36.8 Å². The maximum absolute atomic E-state index is 13.4. The Kier molecular flexibility index (Phi) is 7.70.